The molecule has 0 fully saturated rings. The van der Waals surface area contributed by atoms with Crippen LogP contribution in [0.3, 0.4) is 0 Å². The maximum Gasteiger partial charge on any atom is 0.266 e. The highest BCUT2D eigenvalue weighted by Gasteiger charge is 2.17. The van der Waals surface area contributed by atoms with E-state index in [1.54, 1.807) is 0 Å². The number of primary sulfonamides is 1. The van der Waals surface area contributed by atoms with E-state index in [-0.39, 0.29) is 0 Å². The zero-order valence-corrected chi connectivity index (χ0v) is 8.00. The lowest BCUT2D eigenvalue weighted by Crippen LogP contribution is -2.14. The van der Waals surface area contributed by atoms with Crippen molar-refractivity contribution in [1.29, 1.82) is 5.26 Å². The highest BCUT2D eigenvalue weighted by Crippen LogP contribution is 2.22. The van der Waals surface area contributed by atoms with Crippen molar-refractivity contribution < 1.29 is 17.2 Å². The molecule has 80 valence electrons. The molecule has 2 N–H and O–H groups in total. The molecule has 0 saturated carbocycles. The molecule has 0 aliphatic carbocycles. The summed E-state index contributed by atoms with van der Waals surface area (Å²) in [6.07, 6.45) is -2.26. The Balaban J connectivity index is 3.40. The number of sulfonamides is 1. The Morgan fingerprint density at radius 1 is 1.53 bits per heavy atom. The molecule has 0 spiro atoms. The molecular weight excluding hydrogens is 228 g/mol. The van der Waals surface area contributed by atoms with E-state index in [2.05, 4.69) is 4.98 Å². The van der Waals surface area contributed by atoms with E-state index in [1.807, 2.05) is 0 Å². The normalized spacial score (nSPS) is 11.4. The van der Waals surface area contributed by atoms with Gasteiger partial charge in [0.2, 0.25) is 0 Å². The maximum absolute atomic E-state index is 12.3. The van der Waals surface area contributed by atoms with Crippen LogP contribution in [-0.4, -0.2) is 13.4 Å². The second kappa shape index (κ2) is 3.88. The van der Waals surface area contributed by atoms with Gasteiger partial charge in [0.25, 0.3) is 16.4 Å². The standard InChI is InChI=1S/C7H5F2N3O2S/c8-7(9)5-3-12-6(15(11,13)14)1-4(5)2-10/h1,3,7H,(H2,11,13,14). The minimum Gasteiger partial charge on any atom is -0.243 e. The van der Waals surface area contributed by atoms with Gasteiger partial charge in [0, 0.05) is 6.20 Å². The van der Waals surface area contributed by atoms with Crippen molar-refractivity contribution in [1.82, 2.24) is 4.98 Å². The van der Waals surface area contributed by atoms with Gasteiger partial charge in [-0.3, -0.25) is 0 Å². The monoisotopic (exact) mass is 233 g/mol. The van der Waals surface area contributed by atoms with Crippen LogP contribution in [0.5, 0.6) is 0 Å². The number of pyridine rings is 1. The third-order valence-corrected chi connectivity index (χ3v) is 2.36. The summed E-state index contributed by atoms with van der Waals surface area (Å²) < 4.78 is 46.1. The second-order valence-electron chi connectivity index (χ2n) is 2.57. The summed E-state index contributed by atoms with van der Waals surface area (Å²) >= 11 is 0. The number of hydrogen-bond acceptors (Lipinski definition) is 4. The number of halogens is 2. The Morgan fingerprint density at radius 2 is 2.13 bits per heavy atom. The first-order valence-corrected chi connectivity index (χ1v) is 5.12. The molecule has 0 saturated heterocycles. The summed E-state index contributed by atoms with van der Waals surface area (Å²) in [5.74, 6) is 0. The van der Waals surface area contributed by atoms with Crippen LogP contribution in [0.25, 0.3) is 0 Å². The van der Waals surface area contributed by atoms with Gasteiger partial charge in [-0.15, -0.1) is 0 Å². The van der Waals surface area contributed by atoms with Crippen LogP contribution >= 0.6 is 0 Å². The van der Waals surface area contributed by atoms with Crippen LogP contribution in [0.4, 0.5) is 8.78 Å². The quantitative estimate of drug-likeness (QED) is 0.805. The Kier molecular flexibility index (Phi) is 2.97. The van der Waals surface area contributed by atoms with Gasteiger partial charge in [0.05, 0.1) is 17.2 Å². The van der Waals surface area contributed by atoms with Crippen LogP contribution in [0.15, 0.2) is 17.3 Å². The Hall–Kier alpha value is -1.59. The van der Waals surface area contributed by atoms with Crippen molar-refractivity contribution in [3.63, 3.8) is 0 Å². The Bertz CT molecular complexity index is 522. The first-order valence-electron chi connectivity index (χ1n) is 3.57. The fraction of sp³-hybridized carbons (Fsp3) is 0.143. The molecule has 0 unspecified atom stereocenters. The van der Waals surface area contributed by atoms with Crippen LogP contribution in [0, 0.1) is 11.3 Å². The van der Waals surface area contributed by atoms with E-state index in [1.165, 1.54) is 6.07 Å². The summed E-state index contributed by atoms with van der Waals surface area (Å²) in [7, 11) is -4.08. The molecule has 0 amide bonds. The Morgan fingerprint density at radius 3 is 2.53 bits per heavy atom. The van der Waals surface area contributed by atoms with Gasteiger partial charge in [-0.1, -0.05) is 0 Å². The lowest BCUT2D eigenvalue weighted by molar-refractivity contribution is 0.150. The molecule has 0 aliphatic rings. The van der Waals surface area contributed by atoms with Gasteiger partial charge < -0.3 is 0 Å². The van der Waals surface area contributed by atoms with Crippen LogP contribution < -0.4 is 5.14 Å². The van der Waals surface area contributed by atoms with Crippen LogP contribution in [0.1, 0.15) is 17.6 Å². The average Bonchev–Trinajstić information content (AvgIpc) is 2.15. The topological polar surface area (TPSA) is 96.8 Å². The molecule has 0 bridgehead atoms. The van der Waals surface area contributed by atoms with Gasteiger partial charge in [-0.25, -0.2) is 27.3 Å². The fourth-order valence-electron chi connectivity index (χ4n) is 0.873. The predicted octanol–water partition coefficient (Wildman–Crippen LogP) is 0.538. The molecule has 0 aromatic carbocycles. The molecule has 1 rings (SSSR count). The molecule has 0 radical (unpaired) electrons. The molecule has 1 aromatic rings. The van der Waals surface area contributed by atoms with E-state index >= 15 is 0 Å². The van der Waals surface area contributed by atoms with Gasteiger partial charge in [-0.2, -0.15) is 5.26 Å². The van der Waals surface area contributed by atoms with Crippen molar-refractivity contribution in [2.24, 2.45) is 5.14 Å². The highest BCUT2D eigenvalue weighted by molar-refractivity contribution is 7.89. The summed E-state index contributed by atoms with van der Waals surface area (Å²) in [6.45, 7) is 0. The molecular formula is C7H5F2N3O2S. The summed E-state index contributed by atoms with van der Waals surface area (Å²) in [4.78, 5) is 3.24. The molecule has 8 heteroatoms. The number of aromatic nitrogens is 1. The predicted molar refractivity (Wildman–Crippen MR) is 45.3 cm³/mol. The minimum atomic E-state index is -4.08. The van der Waals surface area contributed by atoms with Gasteiger partial charge in [-0.05, 0) is 6.07 Å². The zero-order valence-electron chi connectivity index (χ0n) is 7.18. The number of nitrogens with two attached hydrogens (primary N) is 1. The van der Waals surface area contributed by atoms with E-state index < -0.39 is 32.6 Å². The third kappa shape index (κ3) is 2.45. The van der Waals surface area contributed by atoms with E-state index in [4.69, 9.17) is 10.4 Å². The van der Waals surface area contributed by atoms with Crippen molar-refractivity contribution in [3.8, 4) is 6.07 Å². The lowest BCUT2D eigenvalue weighted by Gasteiger charge is -2.03. The van der Waals surface area contributed by atoms with E-state index in [0.717, 1.165) is 6.07 Å². The third-order valence-electron chi connectivity index (χ3n) is 1.56. The molecule has 1 heterocycles. The molecule has 0 atom stereocenters. The van der Waals surface area contributed by atoms with Crippen LogP contribution in [-0.2, 0) is 10.0 Å². The molecule has 0 aliphatic heterocycles. The molecule has 5 nitrogen and oxygen atoms in total. The van der Waals surface area contributed by atoms with E-state index in [9.17, 15) is 17.2 Å². The largest absolute Gasteiger partial charge is 0.266 e. The first-order chi connectivity index (χ1) is 6.86. The number of nitriles is 1. The summed E-state index contributed by atoms with van der Waals surface area (Å²) in [6, 6.07) is 2.17. The van der Waals surface area contributed by atoms with Gasteiger partial charge in [0.15, 0.2) is 5.03 Å². The number of nitrogens with zero attached hydrogens (tertiary/aromatic N) is 2. The second-order valence-corrected chi connectivity index (χ2v) is 4.08. The van der Waals surface area contributed by atoms with Crippen LogP contribution in [0.2, 0.25) is 0 Å². The van der Waals surface area contributed by atoms with E-state index in [0.29, 0.717) is 6.20 Å². The molecule has 15 heavy (non-hydrogen) atoms. The minimum absolute atomic E-state index is 0.455. The summed E-state index contributed by atoms with van der Waals surface area (Å²) in [5.41, 5.74) is -1.08. The average molecular weight is 233 g/mol. The smallest absolute Gasteiger partial charge is 0.243 e. The number of rotatable bonds is 2. The number of alkyl halides is 2. The maximum atomic E-state index is 12.3. The van der Waals surface area contributed by atoms with Gasteiger partial charge >= 0.3 is 0 Å². The zero-order chi connectivity index (χ0) is 11.6. The Labute approximate surface area is 84.2 Å². The van der Waals surface area contributed by atoms with Crippen molar-refractivity contribution in [3.05, 3.63) is 23.4 Å². The lowest BCUT2D eigenvalue weighted by atomic mass is 10.2. The highest BCUT2D eigenvalue weighted by atomic mass is 32.2. The van der Waals surface area contributed by atoms with Crippen molar-refractivity contribution in [2.75, 3.05) is 0 Å². The number of hydrogen-bond donors (Lipinski definition) is 1. The molecule has 1 aromatic heterocycles. The van der Waals surface area contributed by atoms with Crippen molar-refractivity contribution >= 4 is 10.0 Å². The summed E-state index contributed by atoms with van der Waals surface area (Å²) in [5, 5.41) is 12.6. The SMILES string of the molecule is N#Cc1cc(S(N)(=O)=O)ncc1C(F)F. The van der Waals surface area contributed by atoms with Crippen molar-refractivity contribution in [2.45, 2.75) is 11.5 Å². The fourth-order valence-corrected chi connectivity index (χ4v) is 1.35. The van der Waals surface area contributed by atoms with Gasteiger partial charge in [0.1, 0.15) is 0 Å². The first kappa shape index (κ1) is 11.5.